The smallest absolute Gasteiger partial charge is 0.257 e. The van der Waals surface area contributed by atoms with Crippen LogP contribution >= 0.6 is 0 Å². The molecule has 1 aromatic carbocycles. The quantitative estimate of drug-likeness (QED) is 0.833. The zero-order chi connectivity index (χ0) is 14.4. The van der Waals surface area contributed by atoms with Crippen LogP contribution in [0, 0.1) is 0 Å². The molecule has 1 saturated carbocycles. The molecule has 0 saturated heterocycles. The topological polar surface area (TPSA) is 49.8 Å². The number of ether oxygens (including phenoxy) is 1. The Bertz CT molecular complexity index is 443. The first-order chi connectivity index (χ1) is 9.77. The summed E-state index contributed by atoms with van der Waals surface area (Å²) in [5.41, 5.74) is 0.624. The van der Waals surface area contributed by atoms with Gasteiger partial charge in [-0.2, -0.15) is 0 Å². The summed E-state index contributed by atoms with van der Waals surface area (Å²) in [6.45, 7) is 3.19. The highest BCUT2D eigenvalue weighted by molar-refractivity contribution is 5.97. The van der Waals surface area contributed by atoms with Crippen molar-refractivity contribution in [1.29, 1.82) is 0 Å². The van der Waals surface area contributed by atoms with Crippen molar-refractivity contribution in [1.82, 2.24) is 4.90 Å². The van der Waals surface area contributed by atoms with Gasteiger partial charge in [0.15, 0.2) is 0 Å². The zero-order valence-electron chi connectivity index (χ0n) is 12.0. The minimum absolute atomic E-state index is 0.0206. The number of carbonyl (C=O) groups excluding carboxylic acids is 1. The summed E-state index contributed by atoms with van der Waals surface area (Å²) in [4.78, 5) is 14.6. The fourth-order valence-corrected chi connectivity index (χ4v) is 2.47. The Hall–Kier alpha value is -1.55. The third-order valence-electron chi connectivity index (χ3n) is 3.75. The van der Waals surface area contributed by atoms with Gasteiger partial charge in [0.1, 0.15) is 5.75 Å². The third-order valence-corrected chi connectivity index (χ3v) is 3.75. The predicted molar refractivity (Wildman–Crippen MR) is 78.0 cm³/mol. The molecule has 0 unspecified atom stereocenters. The van der Waals surface area contributed by atoms with Crippen LogP contribution in [0.4, 0.5) is 0 Å². The zero-order valence-corrected chi connectivity index (χ0v) is 12.0. The molecule has 0 atom stereocenters. The molecule has 0 spiro atoms. The van der Waals surface area contributed by atoms with E-state index in [1.54, 1.807) is 0 Å². The standard InChI is InChI=1S/C16H23NO3/c1-2-20-15-10-4-3-9-14(15)16(19)17(11-6-12-18)13-7-5-8-13/h3-4,9-10,13,18H,2,5-8,11-12H2,1H3. The normalized spacial score (nSPS) is 14.7. The molecule has 0 heterocycles. The molecule has 1 aliphatic rings. The molecule has 0 bridgehead atoms. The van der Waals surface area contributed by atoms with E-state index in [2.05, 4.69) is 0 Å². The van der Waals surface area contributed by atoms with Crippen LogP contribution in [0.25, 0.3) is 0 Å². The second kappa shape index (κ2) is 7.29. The van der Waals surface area contributed by atoms with Crippen molar-refractivity contribution in [3.63, 3.8) is 0 Å². The second-order valence-corrected chi connectivity index (χ2v) is 5.09. The van der Waals surface area contributed by atoms with Crippen LogP contribution < -0.4 is 4.74 Å². The minimum Gasteiger partial charge on any atom is -0.493 e. The number of carbonyl (C=O) groups is 1. The maximum atomic E-state index is 12.7. The number of benzene rings is 1. The van der Waals surface area contributed by atoms with Gasteiger partial charge in [-0.05, 0) is 44.7 Å². The van der Waals surface area contributed by atoms with Crippen LogP contribution in [0.5, 0.6) is 5.75 Å². The van der Waals surface area contributed by atoms with E-state index in [1.807, 2.05) is 36.1 Å². The lowest BCUT2D eigenvalue weighted by atomic mass is 9.90. The lowest BCUT2D eigenvalue weighted by molar-refractivity contribution is 0.0558. The van der Waals surface area contributed by atoms with Gasteiger partial charge in [0.25, 0.3) is 5.91 Å². The highest BCUT2D eigenvalue weighted by atomic mass is 16.5. The van der Waals surface area contributed by atoms with Gasteiger partial charge in [-0.1, -0.05) is 12.1 Å². The molecule has 4 nitrogen and oxygen atoms in total. The first-order valence-electron chi connectivity index (χ1n) is 7.41. The molecule has 0 aliphatic heterocycles. The Balaban J connectivity index is 2.17. The van der Waals surface area contributed by atoms with Gasteiger partial charge >= 0.3 is 0 Å². The Kier molecular flexibility index (Phi) is 5.41. The molecule has 110 valence electrons. The number of aliphatic hydroxyl groups is 1. The van der Waals surface area contributed by atoms with Crippen LogP contribution in [-0.2, 0) is 0 Å². The number of rotatable bonds is 7. The van der Waals surface area contributed by atoms with E-state index in [1.165, 1.54) is 6.42 Å². The van der Waals surface area contributed by atoms with Crippen molar-refractivity contribution in [2.45, 2.75) is 38.6 Å². The van der Waals surface area contributed by atoms with Gasteiger partial charge < -0.3 is 14.7 Å². The highest BCUT2D eigenvalue weighted by Crippen LogP contribution is 2.28. The molecule has 2 rings (SSSR count). The summed E-state index contributed by atoms with van der Waals surface area (Å²) in [5.74, 6) is 0.667. The van der Waals surface area contributed by atoms with Gasteiger partial charge in [-0.15, -0.1) is 0 Å². The van der Waals surface area contributed by atoms with Crippen molar-refractivity contribution < 1.29 is 14.6 Å². The number of nitrogens with zero attached hydrogens (tertiary/aromatic N) is 1. The van der Waals surface area contributed by atoms with Crippen molar-refractivity contribution >= 4 is 5.91 Å². The SMILES string of the molecule is CCOc1ccccc1C(=O)N(CCCO)C1CCC1. The molecule has 1 aromatic rings. The Morgan fingerprint density at radius 2 is 2.15 bits per heavy atom. The number of para-hydroxylation sites is 1. The summed E-state index contributed by atoms with van der Waals surface area (Å²) in [7, 11) is 0. The molecule has 1 aliphatic carbocycles. The highest BCUT2D eigenvalue weighted by Gasteiger charge is 2.30. The fraction of sp³-hybridized carbons (Fsp3) is 0.562. The first kappa shape index (κ1) is 14.9. The largest absolute Gasteiger partial charge is 0.493 e. The van der Waals surface area contributed by atoms with Crippen molar-refractivity contribution in [2.75, 3.05) is 19.8 Å². The van der Waals surface area contributed by atoms with E-state index >= 15 is 0 Å². The summed E-state index contributed by atoms with van der Waals surface area (Å²) in [6, 6.07) is 7.72. The molecule has 0 radical (unpaired) electrons. The Morgan fingerprint density at radius 3 is 2.75 bits per heavy atom. The molecular formula is C16H23NO3. The fourth-order valence-electron chi connectivity index (χ4n) is 2.47. The molecule has 20 heavy (non-hydrogen) atoms. The van der Waals surface area contributed by atoms with E-state index < -0.39 is 0 Å². The van der Waals surface area contributed by atoms with Gasteiger partial charge in [-0.3, -0.25) is 4.79 Å². The van der Waals surface area contributed by atoms with Crippen molar-refractivity contribution in [3.8, 4) is 5.75 Å². The second-order valence-electron chi connectivity index (χ2n) is 5.09. The number of amides is 1. The Labute approximate surface area is 120 Å². The molecule has 4 heteroatoms. The van der Waals surface area contributed by atoms with E-state index in [-0.39, 0.29) is 12.5 Å². The van der Waals surface area contributed by atoms with Crippen LogP contribution in [0.15, 0.2) is 24.3 Å². The summed E-state index contributed by atoms with van der Waals surface area (Å²) in [6.07, 6.45) is 3.93. The van der Waals surface area contributed by atoms with Gasteiger partial charge in [-0.25, -0.2) is 0 Å². The Morgan fingerprint density at radius 1 is 1.40 bits per heavy atom. The maximum absolute atomic E-state index is 12.7. The molecule has 1 fully saturated rings. The lowest BCUT2D eigenvalue weighted by Gasteiger charge is -2.37. The van der Waals surface area contributed by atoms with E-state index in [9.17, 15) is 4.79 Å². The first-order valence-corrected chi connectivity index (χ1v) is 7.41. The van der Waals surface area contributed by atoms with Gasteiger partial charge in [0.2, 0.25) is 0 Å². The predicted octanol–water partition coefficient (Wildman–Crippen LogP) is 2.46. The minimum atomic E-state index is 0.0206. The molecule has 1 N–H and O–H groups in total. The van der Waals surface area contributed by atoms with Crippen LogP contribution in [0.3, 0.4) is 0 Å². The van der Waals surface area contributed by atoms with Crippen LogP contribution in [-0.4, -0.2) is 41.7 Å². The van der Waals surface area contributed by atoms with E-state index in [4.69, 9.17) is 9.84 Å². The molecular weight excluding hydrogens is 254 g/mol. The third kappa shape index (κ3) is 3.31. The summed E-state index contributed by atoms with van der Waals surface area (Å²) < 4.78 is 5.55. The molecule has 0 aromatic heterocycles. The average molecular weight is 277 g/mol. The average Bonchev–Trinajstić information content (AvgIpc) is 2.41. The van der Waals surface area contributed by atoms with Crippen molar-refractivity contribution in [2.24, 2.45) is 0 Å². The summed E-state index contributed by atoms with van der Waals surface area (Å²) >= 11 is 0. The van der Waals surface area contributed by atoms with Gasteiger partial charge in [0.05, 0.1) is 12.2 Å². The van der Waals surface area contributed by atoms with Gasteiger partial charge in [0, 0.05) is 19.2 Å². The van der Waals surface area contributed by atoms with E-state index in [0.717, 1.165) is 12.8 Å². The molecule has 1 amide bonds. The number of hydrogen-bond acceptors (Lipinski definition) is 3. The lowest BCUT2D eigenvalue weighted by Crippen LogP contribution is -2.45. The monoisotopic (exact) mass is 277 g/mol. The number of aliphatic hydroxyl groups excluding tert-OH is 1. The van der Waals surface area contributed by atoms with Crippen LogP contribution in [0.2, 0.25) is 0 Å². The summed E-state index contributed by atoms with van der Waals surface area (Å²) in [5, 5.41) is 9.02. The number of hydrogen-bond donors (Lipinski definition) is 1. The van der Waals surface area contributed by atoms with Crippen LogP contribution in [0.1, 0.15) is 43.0 Å². The van der Waals surface area contributed by atoms with E-state index in [0.29, 0.717) is 36.9 Å². The van der Waals surface area contributed by atoms with Crippen molar-refractivity contribution in [3.05, 3.63) is 29.8 Å². The maximum Gasteiger partial charge on any atom is 0.257 e.